The Balaban J connectivity index is 1.44. The molecule has 240 valence electrons. The standard InChI is InChI=1S/C31H44O8S4/c1-30(2,15-19-40-43-22-18-37-26-11-7-24(8-12-26)28(32)34-5)38-23-36-17-21-42-41-20-16-31(3,4)39-27-13-9-25(10-14-27)29(33)35-6/h7-14H,15-23H2,1-6H3. The summed E-state index contributed by atoms with van der Waals surface area (Å²) >= 11 is 0. The summed E-state index contributed by atoms with van der Waals surface area (Å²) in [6.45, 7) is 9.83. The second kappa shape index (κ2) is 20.4. The van der Waals surface area contributed by atoms with Crippen molar-refractivity contribution in [3.63, 3.8) is 0 Å². The molecule has 0 aromatic heterocycles. The van der Waals surface area contributed by atoms with Crippen molar-refractivity contribution in [2.24, 2.45) is 0 Å². The molecule has 2 aromatic carbocycles. The van der Waals surface area contributed by atoms with Gasteiger partial charge in [-0.05, 0) is 89.1 Å². The third-order valence-electron chi connectivity index (χ3n) is 5.97. The zero-order chi connectivity index (χ0) is 31.6. The van der Waals surface area contributed by atoms with E-state index >= 15 is 0 Å². The van der Waals surface area contributed by atoms with E-state index in [4.69, 9.17) is 28.4 Å². The molecule has 0 bridgehead atoms. The van der Waals surface area contributed by atoms with Crippen molar-refractivity contribution in [1.82, 2.24) is 0 Å². The van der Waals surface area contributed by atoms with Crippen molar-refractivity contribution >= 4 is 55.1 Å². The molecule has 43 heavy (non-hydrogen) atoms. The van der Waals surface area contributed by atoms with E-state index in [0.717, 1.165) is 47.4 Å². The van der Waals surface area contributed by atoms with Crippen LogP contribution < -0.4 is 9.47 Å². The topological polar surface area (TPSA) is 89.5 Å². The third kappa shape index (κ3) is 16.3. The zero-order valence-corrected chi connectivity index (χ0v) is 29.1. The largest absolute Gasteiger partial charge is 0.493 e. The summed E-state index contributed by atoms with van der Waals surface area (Å²) in [5.41, 5.74) is 0.446. The van der Waals surface area contributed by atoms with Gasteiger partial charge in [0.05, 0.1) is 44.2 Å². The lowest BCUT2D eigenvalue weighted by atomic mass is 10.1. The van der Waals surface area contributed by atoms with Crippen LogP contribution in [0, 0.1) is 0 Å². The molecule has 0 heterocycles. The van der Waals surface area contributed by atoms with E-state index in [-0.39, 0.29) is 29.9 Å². The number of hydrogen-bond donors (Lipinski definition) is 0. The highest BCUT2D eigenvalue weighted by molar-refractivity contribution is 8.77. The second-order valence-electron chi connectivity index (χ2n) is 10.5. The van der Waals surface area contributed by atoms with Crippen LogP contribution in [-0.4, -0.2) is 80.4 Å². The molecule has 0 atom stereocenters. The number of benzene rings is 2. The molecule has 0 spiro atoms. The molecule has 0 radical (unpaired) electrons. The van der Waals surface area contributed by atoms with Gasteiger partial charge in [-0.2, -0.15) is 0 Å². The number of carbonyl (C=O) groups is 2. The van der Waals surface area contributed by atoms with Gasteiger partial charge < -0.3 is 28.4 Å². The molecule has 0 aliphatic rings. The summed E-state index contributed by atoms with van der Waals surface area (Å²) in [5.74, 6) is 4.43. The van der Waals surface area contributed by atoms with E-state index in [1.165, 1.54) is 14.2 Å². The average molecular weight is 673 g/mol. The maximum absolute atomic E-state index is 11.6. The van der Waals surface area contributed by atoms with Crippen molar-refractivity contribution in [2.75, 3.05) is 57.2 Å². The van der Waals surface area contributed by atoms with Gasteiger partial charge in [0.25, 0.3) is 0 Å². The SMILES string of the molecule is COC(=O)c1ccc(OCCSSCCC(C)(C)OCOCCSSCCC(C)(C)Oc2ccc(C(=O)OC)cc2)cc1. The van der Waals surface area contributed by atoms with Crippen LogP contribution in [0.2, 0.25) is 0 Å². The molecular formula is C31H44O8S4. The van der Waals surface area contributed by atoms with Gasteiger partial charge in [-0.3, -0.25) is 0 Å². The Morgan fingerprint density at radius 3 is 1.63 bits per heavy atom. The molecule has 0 amide bonds. The van der Waals surface area contributed by atoms with Gasteiger partial charge in [-0.1, -0.05) is 43.2 Å². The van der Waals surface area contributed by atoms with E-state index in [9.17, 15) is 9.59 Å². The number of carbonyl (C=O) groups excluding carboxylic acids is 2. The molecule has 0 unspecified atom stereocenters. The van der Waals surface area contributed by atoms with Gasteiger partial charge in [-0.25, -0.2) is 9.59 Å². The molecule has 8 nitrogen and oxygen atoms in total. The van der Waals surface area contributed by atoms with E-state index in [2.05, 4.69) is 27.7 Å². The first-order valence-corrected chi connectivity index (χ1v) is 18.9. The van der Waals surface area contributed by atoms with Crippen LogP contribution in [-0.2, 0) is 18.9 Å². The van der Waals surface area contributed by atoms with Crippen LogP contribution >= 0.6 is 43.2 Å². The fourth-order valence-corrected chi connectivity index (χ4v) is 7.66. The van der Waals surface area contributed by atoms with Crippen LogP contribution in [0.4, 0.5) is 0 Å². The van der Waals surface area contributed by atoms with E-state index in [1.807, 2.05) is 10.8 Å². The minimum absolute atomic E-state index is 0.251. The quantitative estimate of drug-likeness (QED) is 0.0529. The summed E-state index contributed by atoms with van der Waals surface area (Å²) in [4.78, 5) is 23.1. The third-order valence-corrected chi connectivity index (χ3v) is 10.7. The zero-order valence-electron chi connectivity index (χ0n) is 25.9. The molecule has 2 aromatic rings. The van der Waals surface area contributed by atoms with Gasteiger partial charge in [0.1, 0.15) is 23.9 Å². The van der Waals surface area contributed by atoms with Gasteiger partial charge in [0.15, 0.2) is 0 Å². The first kappa shape index (κ1) is 37.5. The first-order valence-electron chi connectivity index (χ1n) is 13.9. The fourth-order valence-electron chi connectivity index (χ4n) is 3.38. The first-order chi connectivity index (χ1) is 20.5. The van der Waals surface area contributed by atoms with Crippen LogP contribution in [0.25, 0.3) is 0 Å². The Hall–Kier alpha value is -1.70. The minimum Gasteiger partial charge on any atom is -0.493 e. The van der Waals surface area contributed by atoms with E-state index < -0.39 is 0 Å². The predicted molar refractivity (Wildman–Crippen MR) is 181 cm³/mol. The molecule has 2 rings (SSSR count). The number of methoxy groups -OCH3 is 2. The second-order valence-corrected chi connectivity index (χ2v) is 15.9. The van der Waals surface area contributed by atoms with Crippen molar-refractivity contribution in [2.45, 2.75) is 51.7 Å². The highest BCUT2D eigenvalue weighted by Gasteiger charge is 2.20. The summed E-state index contributed by atoms with van der Waals surface area (Å²) in [7, 11) is 9.91. The smallest absolute Gasteiger partial charge is 0.337 e. The highest BCUT2D eigenvalue weighted by Crippen LogP contribution is 2.28. The number of hydrogen-bond acceptors (Lipinski definition) is 12. The molecule has 0 aliphatic heterocycles. The Morgan fingerprint density at radius 2 is 1.09 bits per heavy atom. The molecular weight excluding hydrogens is 629 g/mol. The molecule has 12 heteroatoms. The Morgan fingerprint density at radius 1 is 0.628 bits per heavy atom. The van der Waals surface area contributed by atoms with Gasteiger partial charge in [-0.15, -0.1) is 0 Å². The molecule has 0 N–H and O–H groups in total. The van der Waals surface area contributed by atoms with Crippen LogP contribution in [0.3, 0.4) is 0 Å². The van der Waals surface area contributed by atoms with Crippen LogP contribution in [0.1, 0.15) is 61.3 Å². The Kier molecular flexibility index (Phi) is 17.7. The van der Waals surface area contributed by atoms with Gasteiger partial charge >= 0.3 is 11.9 Å². The van der Waals surface area contributed by atoms with Crippen molar-refractivity contribution in [3.8, 4) is 11.5 Å². The normalized spacial score (nSPS) is 11.7. The number of ether oxygens (including phenoxy) is 6. The lowest BCUT2D eigenvalue weighted by Gasteiger charge is -2.26. The van der Waals surface area contributed by atoms with E-state index in [0.29, 0.717) is 24.3 Å². The van der Waals surface area contributed by atoms with Crippen LogP contribution in [0.5, 0.6) is 11.5 Å². The highest BCUT2D eigenvalue weighted by atomic mass is 33.1. The molecule has 0 saturated carbocycles. The van der Waals surface area contributed by atoms with Crippen molar-refractivity contribution in [3.05, 3.63) is 59.7 Å². The Bertz CT molecular complexity index is 1080. The number of rotatable bonds is 22. The Labute approximate surface area is 272 Å². The summed E-state index contributed by atoms with van der Waals surface area (Å²) in [5, 5.41) is 0. The monoisotopic (exact) mass is 672 g/mol. The maximum Gasteiger partial charge on any atom is 0.337 e. The lowest BCUT2D eigenvalue weighted by molar-refractivity contribution is -0.125. The van der Waals surface area contributed by atoms with Gasteiger partial charge in [0, 0.05) is 23.0 Å². The fraction of sp³-hybridized carbons (Fsp3) is 0.548. The lowest BCUT2D eigenvalue weighted by Crippen LogP contribution is -2.28. The molecule has 0 aliphatic carbocycles. The number of esters is 2. The maximum atomic E-state index is 11.6. The summed E-state index contributed by atoms with van der Waals surface area (Å²) in [6, 6.07) is 14.0. The molecule has 0 saturated heterocycles. The van der Waals surface area contributed by atoms with Crippen LogP contribution in [0.15, 0.2) is 48.5 Å². The average Bonchev–Trinajstić information content (AvgIpc) is 2.99. The summed E-state index contributed by atoms with van der Waals surface area (Å²) < 4.78 is 32.9. The van der Waals surface area contributed by atoms with Crippen molar-refractivity contribution < 1.29 is 38.0 Å². The van der Waals surface area contributed by atoms with Crippen molar-refractivity contribution in [1.29, 1.82) is 0 Å². The molecule has 0 fully saturated rings. The van der Waals surface area contributed by atoms with E-state index in [1.54, 1.807) is 80.9 Å². The van der Waals surface area contributed by atoms with Gasteiger partial charge in [0.2, 0.25) is 0 Å². The predicted octanol–water partition coefficient (Wildman–Crippen LogP) is 7.81. The minimum atomic E-state index is -0.356. The summed E-state index contributed by atoms with van der Waals surface area (Å²) in [6.07, 6.45) is 1.80.